The van der Waals surface area contributed by atoms with Crippen molar-refractivity contribution in [2.24, 2.45) is 4.99 Å². The molecule has 1 aromatic rings. The van der Waals surface area contributed by atoms with E-state index in [-0.39, 0.29) is 35.9 Å². The SMILES string of the molecule is CCNC(=NCc1ccc(CN2CC(C)OC(C)C2)cc1)NC1CCN(C(=O)CC)C1.I. The van der Waals surface area contributed by atoms with Crippen LogP contribution in [0.2, 0.25) is 0 Å². The number of hydrogen-bond donors (Lipinski definition) is 2. The Morgan fingerprint density at radius 1 is 1.09 bits per heavy atom. The molecule has 7 nitrogen and oxygen atoms in total. The summed E-state index contributed by atoms with van der Waals surface area (Å²) in [7, 11) is 0. The van der Waals surface area contributed by atoms with Crippen molar-refractivity contribution in [3.63, 3.8) is 0 Å². The van der Waals surface area contributed by atoms with Crippen molar-refractivity contribution >= 4 is 35.8 Å². The fourth-order valence-electron chi connectivity index (χ4n) is 4.43. The monoisotopic (exact) mass is 557 g/mol. The normalized spacial score (nSPS) is 24.2. The lowest BCUT2D eigenvalue weighted by atomic mass is 10.1. The Bertz CT molecular complexity index is 732. The molecule has 1 amide bonds. The lowest BCUT2D eigenvalue weighted by molar-refractivity contribution is -0.129. The highest BCUT2D eigenvalue weighted by Crippen LogP contribution is 2.15. The number of carbonyl (C=O) groups is 1. The van der Waals surface area contributed by atoms with Crippen LogP contribution < -0.4 is 10.6 Å². The van der Waals surface area contributed by atoms with Gasteiger partial charge in [0.25, 0.3) is 0 Å². The van der Waals surface area contributed by atoms with E-state index in [9.17, 15) is 4.79 Å². The van der Waals surface area contributed by atoms with E-state index in [1.165, 1.54) is 11.1 Å². The number of morpholine rings is 1. The first-order valence-corrected chi connectivity index (χ1v) is 11.7. The summed E-state index contributed by atoms with van der Waals surface area (Å²) in [5.41, 5.74) is 2.52. The maximum Gasteiger partial charge on any atom is 0.222 e. The van der Waals surface area contributed by atoms with Gasteiger partial charge in [-0.2, -0.15) is 0 Å². The van der Waals surface area contributed by atoms with Crippen LogP contribution in [0, 0.1) is 0 Å². The van der Waals surface area contributed by atoms with Crippen molar-refractivity contribution in [1.29, 1.82) is 0 Å². The third-order valence-electron chi connectivity index (χ3n) is 5.87. The number of nitrogens with zero attached hydrogens (tertiary/aromatic N) is 3. The average Bonchev–Trinajstić information content (AvgIpc) is 3.20. The highest BCUT2D eigenvalue weighted by atomic mass is 127. The minimum atomic E-state index is 0. The molecule has 3 rings (SSSR count). The van der Waals surface area contributed by atoms with Crippen molar-refractivity contribution in [2.75, 3.05) is 32.7 Å². The molecule has 3 unspecified atom stereocenters. The van der Waals surface area contributed by atoms with Crippen LogP contribution in [-0.2, 0) is 22.6 Å². The fourth-order valence-corrected chi connectivity index (χ4v) is 4.43. The molecule has 2 aliphatic rings. The van der Waals surface area contributed by atoms with Crippen LogP contribution in [0.4, 0.5) is 0 Å². The Balaban J connectivity index is 0.00000363. The summed E-state index contributed by atoms with van der Waals surface area (Å²) in [6.45, 7) is 14.2. The van der Waals surface area contributed by atoms with Crippen molar-refractivity contribution in [2.45, 2.75) is 71.9 Å². The molecule has 0 spiro atoms. The predicted molar refractivity (Wildman–Crippen MR) is 140 cm³/mol. The zero-order chi connectivity index (χ0) is 22.2. The van der Waals surface area contributed by atoms with Crippen molar-refractivity contribution < 1.29 is 9.53 Å². The third-order valence-corrected chi connectivity index (χ3v) is 5.87. The van der Waals surface area contributed by atoms with Gasteiger partial charge in [0.15, 0.2) is 5.96 Å². The summed E-state index contributed by atoms with van der Waals surface area (Å²) in [6.07, 6.45) is 2.12. The topological polar surface area (TPSA) is 69.2 Å². The molecular formula is C24H40IN5O2. The fraction of sp³-hybridized carbons (Fsp3) is 0.667. The molecule has 8 heteroatoms. The molecule has 180 valence electrons. The summed E-state index contributed by atoms with van der Waals surface area (Å²) in [4.78, 5) is 21.1. The first-order valence-electron chi connectivity index (χ1n) is 11.7. The zero-order valence-electron chi connectivity index (χ0n) is 20.0. The number of amides is 1. The quantitative estimate of drug-likeness (QED) is 0.307. The van der Waals surface area contributed by atoms with Crippen LogP contribution in [0.1, 0.15) is 51.7 Å². The number of guanidine groups is 1. The molecule has 3 atom stereocenters. The molecule has 32 heavy (non-hydrogen) atoms. The van der Waals surface area contributed by atoms with Crippen LogP contribution in [0.15, 0.2) is 29.3 Å². The Kier molecular flexibility index (Phi) is 11.2. The van der Waals surface area contributed by atoms with Gasteiger partial charge in [0, 0.05) is 51.7 Å². The second-order valence-electron chi connectivity index (χ2n) is 8.79. The molecule has 2 N–H and O–H groups in total. The largest absolute Gasteiger partial charge is 0.373 e. The summed E-state index contributed by atoms with van der Waals surface area (Å²) in [5.74, 6) is 1.05. The summed E-state index contributed by atoms with van der Waals surface area (Å²) >= 11 is 0. The highest BCUT2D eigenvalue weighted by molar-refractivity contribution is 14.0. The van der Waals surface area contributed by atoms with Gasteiger partial charge >= 0.3 is 0 Å². The van der Waals surface area contributed by atoms with E-state index in [4.69, 9.17) is 9.73 Å². The number of aliphatic imine (C=N–C) groups is 1. The van der Waals surface area contributed by atoms with Gasteiger partial charge in [-0.1, -0.05) is 31.2 Å². The maximum absolute atomic E-state index is 11.9. The van der Waals surface area contributed by atoms with Gasteiger partial charge in [0.2, 0.25) is 5.91 Å². The summed E-state index contributed by atoms with van der Waals surface area (Å²) in [5, 5.41) is 6.82. The number of ether oxygens (including phenoxy) is 1. The lowest BCUT2D eigenvalue weighted by Gasteiger charge is -2.35. The number of nitrogens with one attached hydrogen (secondary N) is 2. The van der Waals surface area contributed by atoms with E-state index < -0.39 is 0 Å². The second kappa shape index (κ2) is 13.3. The molecule has 0 aliphatic carbocycles. The smallest absolute Gasteiger partial charge is 0.222 e. The molecule has 1 aromatic carbocycles. The average molecular weight is 558 g/mol. The van der Waals surface area contributed by atoms with Crippen LogP contribution in [-0.4, -0.2) is 72.6 Å². The lowest BCUT2D eigenvalue weighted by Crippen LogP contribution is -2.45. The van der Waals surface area contributed by atoms with Crippen molar-refractivity contribution in [3.05, 3.63) is 35.4 Å². The zero-order valence-corrected chi connectivity index (χ0v) is 22.3. The van der Waals surface area contributed by atoms with E-state index in [1.807, 2.05) is 11.8 Å². The van der Waals surface area contributed by atoms with Crippen LogP contribution >= 0.6 is 24.0 Å². The van der Waals surface area contributed by atoms with Crippen molar-refractivity contribution in [1.82, 2.24) is 20.4 Å². The maximum atomic E-state index is 11.9. The highest BCUT2D eigenvalue weighted by Gasteiger charge is 2.26. The number of halogens is 1. The Morgan fingerprint density at radius 2 is 1.75 bits per heavy atom. The number of carbonyl (C=O) groups excluding carboxylic acids is 1. The van der Waals surface area contributed by atoms with E-state index in [2.05, 4.69) is 60.6 Å². The molecular weight excluding hydrogens is 517 g/mol. The molecule has 0 aromatic heterocycles. The van der Waals surface area contributed by atoms with Gasteiger partial charge < -0.3 is 20.3 Å². The Hall–Kier alpha value is -1.39. The summed E-state index contributed by atoms with van der Waals surface area (Å²) < 4.78 is 5.83. The van der Waals surface area contributed by atoms with Gasteiger partial charge in [-0.15, -0.1) is 24.0 Å². The standard InChI is InChI=1S/C24H39N5O2.HI/c1-5-23(30)29-12-11-22(17-29)27-24(25-6-2)26-13-20-7-9-21(10-8-20)16-28-14-18(3)31-19(4)15-28;/h7-10,18-19,22H,5-6,11-17H2,1-4H3,(H2,25,26,27);1H. The van der Waals surface area contributed by atoms with Gasteiger partial charge in [-0.05, 0) is 38.3 Å². The molecule has 0 saturated carbocycles. The van der Waals surface area contributed by atoms with E-state index in [0.717, 1.165) is 51.6 Å². The molecule has 2 heterocycles. The van der Waals surface area contributed by atoms with Gasteiger partial charge in [-0.3, -0.25) is 9.69 Å². The molecule has 0 bridgehead atoms. The van der Waals surface area contributed by atoms with E-state index in [1.54, 1.807) is 0 Å². The number of rotatable bonds is 7. The molecule has 0 radical (unpaired) electrons. The van der Waals surface area contributed by atoms with Crippen LogP contribution in [0.25, 0.3) is 0 Å². The second-order valence-corrected chi connectivity index (χ2v) is 8.79. The van der Waals surface area contributed by atoms with E-state index in [0.29, 0.717) is 25.2 Å². The predicted octanol–water partition coefficient (Wildman–Crippen LogP) is 2.98. The Morgan fingerprint density at radius 3 is 2.38 bits per heavy atom. The number of benzene rings is 1. The molecule has 2 aliphatic heterocycles. The summed E-state index contributed by atoms with van der Waals surface area (Å²) in [6, 6.07) is 9.02. The Labute approximate surface area is 210 Å². The van der Waals surface area contributed by atoms with Gasteiger partial charge in [0.1, 0.15) is 0 Å². The molecule has 2 fully saturated rings. The minimum Gasteiger partial charge on any atom is -0.373 e. The first-order chi connectivity index (χ1) is 15.0. The van der Waals surface area contributed by atoms with Crippen LogP contribution in [0.3, 0.4) is 0 Å². The number of hydrogen-bond acceptors (Lipinski definition) is 4. The minimum absolute atomic E-state index is 0. The van der Waals surface area contributed by atoms with E-state index >= 15 is 0 Å². The third kappa shape index (κ3) is 8.19. The van der Waals surface area contributed by atoms with Gasteiger partial charge in [-0.25, -0.2) is 4.99 Å². The van der Waals surface area contributed by atoms with Gasteiger partial charge in [0.05, 0.1) is 18.8 Å². The molecule has 2 saturated heterocycles. The van der Waals surface area contributed by atoms with Crippen LogP contribution in [0.5, 0.6) is 0 Å². The number of likely N-dealkylation sites (tertiary alicyclic amines) is 1. The first kappa shape index (κ1) is 26.9. The van der Waals surface area contributed by atoms with Crippen molar-refractivity contribution in [3.8, 4) is 0 Å².